The van der Waals surface area contributed by atoms with Gasteiger partial charge in [-0.25, -0.2) is 0 Å². The van der Waals surface area contributed by atoms with Gasteiger partial charge in [0.2, 0.25) is 0 Å². The van der Waals surface area contributed by atoms with Gasteiger partial charge in [-0.1, -0.05) is 47.8 Å². The quantitative estimate of drug-likeness (QED) is 0.896. The topological polar surface area (TPSA) is 44.0 Å². The third-order valence-corrected chi connectivity index (χ3v) is 3.14. The Hall–Kier alpha value is -0.850. The molecule has 0 aliphatic carbocycles. The van der Waals surface area contributed by atoms with Gasteiger partial charge in [0.1, 0.15) is 0 Å². The maximum atomic E-state index is 9.93. The molecule has 0 aliphatic rings. The fraction of sp³-hybridized carbons (Fsp3) is 0.462. The Kier molecular flexibility index (Phi) is 5.51. The van der Waals surface area contributed by atoms with E-state index in [1.165, 1.54) is 0 Å². The Morgan fingerprint density at radius 1 is 1.38 bits per heavy atom. The minimum Gasteiger partial charge on any atom is -0.391 e. The number of unbranched alkanes of at least 4 members (excludes halogenated alkanes) is 1. The lowest BCUT2D eigenvalue weighted by molar-refractivity contribution is 0.148. The Balaban J connectivity index is 2.74. The van der Waals surface area contributed by atoms with Gasteiger partial charge in [-0.15, -0.1) is 0 Å². The van der Waals surface area contributed by atoms with E-state index in [0.29, 0.717) is 6.42 Å². The summed E-state index contributed by atoms with van der Waals surface area (Å²) in [6, 6.07) is 9.74. The van der Waals surface area contributed by atoms with Crippen molar-refractivity contribution < 1.29 is 5.11 Å². The van der Waals surface area contributed by atoms with E-state index in [4.69, 9.17) is 5.26 Å². The Morgan fingerprint density at radius 2 is 2.00 bits per heavy atom. The molecule has 86 valence electrons. The summed E-state index contributed by atoms with van der Waals surface area (Å²) in [4.78, 5) is 0. The first-order valence-electron chi connectivity index (χ1n) is 5.52. The molecule has 16 heavy (non-hydrogen) atoms. The summed E-state index contributed by atoms with van der Waals surface area (Å²) in [5.41, 5.74) is 0.884. The van der Waals surface area contributed by atoms with E-state index in [1.807, 2.05) is 24.3 Å². The Bertz CT molecular complexity index is 355. The van der Waals surface area contributed by atoms with E-state index >= 15 is 0 Å². The zero-order chi connectivity index (χ0) is 12.0. The predicted octanol–water partition coefficient (Wildman–Crippen LogP) is 3.61. The van der Waals surface area contributed by atoms with Gasteiger partial charge >= 0.3 is 0 Å². The number of rotatable bonds is 5. The highest BCUT2D eigenvalue weighted by Crippen LogP contribution is 2.24. The highest BCUT2D eigenvalue weighted by atomic mass is 79.9. The van der Waals surface area contributed by atoms with Crippen molar-refractivity contribution in [3.05, 3.63) is 34.3 Å². The van der Waals surface area contributed by atoms with Crippen molar-refractivity contribution in [2.24, 2.45) is 0 Å². The smallest absolute Gasteiger partial charge is 0.0971 e. The van der Waals surface area contributed by atoms with Gasteiger partial charge in [0.05, 0.1) is 18.1 Å². The van der Waals surface area contributed by atoms with E-state index in [1.54, 1.807) is 0 Å². The molecule has 0 radical (unpaired) electrons. The fourth-order valence-electron chi connectivity index (χ4n) is 1.63. The zero-order valence-electron chi connectivity index (χ0n) is 9.36. The van der Waals surface area contributed by atoms with Crippen LogP contribution in [0.4, 0.5) is 0 Å². The molecule has 1 N–H and O–H groups in total. The molecule has 0 aliphatic heterocycles. The largest absolute Gasteiger partial charge is 0.391 e. The minimum absolute atomic E-state index is 0.417. The van der Waals surface area contributed by atoms with Crippen LogP contribution in [-0.2, 0) is 0 Å². The molecule has 0 spiro atoms. The maximum Gasteiger partial charge on any atom is 0.0971 e. The van der Waals surface area contributed by atoms with E-state index in [9.17, 15) is 5.11 Å². The maximum absolute atomic E-state index is 9.93. The molecule has 1 aromatic carbocycles. The third-order valence-electron chi connectivity index (χ3n) is 2.61. The SMILES string of the molecule is CCCCC(O)C(C#N)c1ccc(Br)cc1. The number of halogens is 1. The van der Waals surface area contributed by atoms with Crippen molar-refractivity contribution >= 4 is 15.9 Å². The molecular formula is C13H16BrNO. The molecule has 0 bridgehead atoms. The van der Waals surface area contributed by atoms with Crippen molar-refractivity contribution in [1.82, 2.24) is 0 Å². The van der Waals surface area contributed by atoms with Crippen LogP contribution in [0.15, 0.2) is 28.7 Å². The van der Waals surface area contributed by atoms with Crippen LogP contribution >= 0.6 is 15.9 Å². The van der Waals surface area contributed by atoms with Crippen LogP contribution in [0.1, 0.15) is 37.7 Å². The second-order valence-corrected chi connectivity index (χ2v) is 4.78. The molecule has 0 fully saturated rings. The van der Waals surface area contributed by atoms with E-state index in [-0.39, 0.29) is 0 Å². The molecule has 2 unspecified atom stereocenters. The van der Waals surface area contributed by atoms with Gasteiger partial charge in [-0.05, 0) is 24.1 Å². The van der Waals surface area contributed by atoms with Gasteiger partial charge in [0, 0.05) is 4.47 Å². The molecule has 2 nitrogen and oxygen atoms in total. The molecule has 3 heteroatoms. The number of nitrogens with zero attached hydrogens (tertiary/aromatic N) is 1. The van der Waals surface area contributed by atoms with Gasteiger partial charge in [0.15, 0.2) is 0 Å². The molecule has 0 saturated heterocycles. The molecule has 1 aromatic rings. The van der Waals surface area contributed by atoms with Crippen LogP contribution in [0.2, 0.25) is 0 Å². The molecule has 1 rings (SSSR count). The predicted molar refractivity (Wildman–Crippen MR) is 68.0 cm³/mol. The summed E-state index contributed by atoms with van der Waals surface area (Å²) in [5.74, 6) is -0.417. The molecule has 0 amide bonds. The van der Waals surface area contributed by atoms with Crippen molar-refractivity contribution in [3.8, 4) is 6.07 Å². The number of benzene rings is 1. The Labute approximate surface area is 105 Å². The van der Waals surface area contributed by atoms with E-state index < -0.39 is 12.0 Å². The molecule has 0 heterocycles. The molecule has 0 saturated carbocycles. The lowest BCUT2D eigenvalue weighted by Crippen LogP contribution is -2.17. The normalized spacial score (nSPS) is 14.1. The van der Waals surface area contributed by atoms with E-state index in [0.717, 1.165) is 22.9 Å². The first-order valence-corrected chi connectivity index (χ1v) is 6.31. The van der Waals surface area contributed by atoms with Crippen LogP contribution < -0.4 is 0 Å². The molecule has 0 aromatic heterocycles. The Morgan fingerprint density at radius 3 is 2.50 bits per heavy atom. The monoisotopic (exact) mass is 281 g/mol. The van der Waals surface area contributed by atoms with Crippen molar-refractivity contribution in [3.63, 3.8) is 0 Å². The number of nitriles is 1. The average Bonchev–Trinajstić information content (AvgIpc) is 2.30. The van der Waals surface area contributed by atoms with E-state index in [2.05, 4.69) is 28.9 Å². The van der Waals surface area contributed by atoms with Crippen LogP contribution in [-0.4, -0.2) is 11.2 Å². The zero-order valence-corrected chi connectivity index (χ0v) is 10.9. The van der Waals surface area contributed by atoms with Gasteiger partial charge < -0.3 is 5.11 Å². The standard InChI is InChI=1S/C13H16BrNO/c1-2-3-4-13(16)12(9-15)10-5-7-11(14)8-6-10/h5-8,12-13,16H,2-4H2,1H3. The summed E-state index contributed by atoms with van der Waals surface area (Å²) in [7, 11) is 0. The number of aliphatic hydroxyl groups is 1. The summed E-state index contributed by atoms with van der Waals surface area (Å²) >= 11 is 3.35. The number of hydrogen-bond acceptors (Lipinski definition) is 2. The van der Waals surface area contributed by atoms with Crippen LogP contribution in [0, 0.1) is 11.3 Å². The van der Waals surface area contributed by atoms with Gasteiger partial charge in [0.25, 0.3) is 0 Å². The molecular weight excluding hydrogens is 266 g/mol. The molecule has 2 atom stereocenters. The lowest BCUT2D eigenvalue weighted by Gasteiger charge is -2.16. The highest BCUT2D eigenvalue weighted by molar-refractivity contribution is 9.10. The average molecular weight is 282 g/mol. The summed E-state index contributed by atoms with van der Waals surface area (Å²) < 4.78 is 0.982. The highest BCUT2D eigenvalue weighted by Gasteiger charge is 2.19. The number of aliphatic hydroxyl groups excluding tert-OH is 1. The van der Waals surface area contributed by atoms with Gasteiger partial charge in [-0.3, -0.25) is 0 Å². The van der Waals surface area contributed by atoms with Crippen molar-refractivity contribution in [2.45, 2.75) is 38.2 Å². The second-order valence-electron chi connectivity index (χ2n) is 3.87. The summed E-state index contributed by atoms with van der Waals surface area (Å²) in [5, 5.41) is 19.0. The van der Waals surface area contributed by atoms with Gasteiger partial charge in [-0.2, -0.15) is 5.26 Å². The third kappa shape index (κ3) is 3.62. The fourth-order valence-corrected chi connectivity index (χ4v) is 1.90. The summed E-state index contributed by atoms with van der Waals surface area (Å²) in [6.45, 7) is 2.08. The first kappa shape index (κ1) is 13.2. The lowest BCUT2D eigenvalue weighted by atomic mass is 9.92. The van der Waals surface area contributed by atoms with Crippen LogP contribution in [0.3, 0.4) is 0 Å². The second kappa shape index (κ2) is 6.67. The minimum atomic E-state index is -0.564. The number of hydrogen-bond donors (Lipinski definition) is 1. The first-order chi connectivity index (χ1) is 7.69. The van der Waals surface area contributed by atoms with Crippen molar-refractivity contribution in [2.75, 3.05) is 0 Å². The van der Waals surface area contributed by atoms with Crippen molar-refractivity contribution in [1.29, 1.82) is 5.26 Å². The van der Waals surface area contributed by atoms with Crippen LogP contribution in [0.25, 0.3) is 0 Å². The van der Waals surface area contributed by atoms with Crippen LogP contribution in [0.5, 0.6) is 0 Å². The summed E-state index contributed by atoms with van der Waals surface area (Å²) in [6.07, 6.45) is 2.11.